The largest absolute Gasteiger partial charge is 0.424 e. The van der Waals surface area contributed by atoms with Crippen molar-refractivity contribution < 1.29 is 13.6 Å². The van der Waals surface area contributed by atoms with Crippen molar-refractivity contribution in [3.05, 3.63) is 60.2 Å². The molecule has 0 heterocycles. The van der Waals surface area contributed by atoms with Crippen molar-refractivity contribution in [3.63, 3.8) is 0 Å². The van der Waals surface area contributed by atoms with E-state index in [1.807, 2.05) is 0 Å². The molecule has 0 bridgehead atoms. The van der Waals surface area contributed by atoms with Crippen molar-refractivity contribution >= 4 is 19.4 Å². The van der Waals surface area contributed by atoms with E-state index in [0.29, 0.717) is 0 Å². The molecule has 0 aliphatic heterocycles. The van der Waals surface area contributed by atoms with Gasteiger partial charge in [-0.15, -0.1) is 0 Å². The molecule has 4 heteroatoms. The van der Waals surface area contributed by atoms with Crippen LogP contribution >= 0.6 is 0 Å². The molecule has 0 spiro atoms. The van der Waals surface area contributed by atoms with Gasteiger partial charge in [0.15, 0.2) is 0 Å². The highest BCUT2D eigenvalue weighted by Crippen LogP contribution is 1.98. The van der Waals surface area contributed by atoms with Crippen LogP contribution in [0, 0.1) is 11.6 Å². The molecule has 0 aromatic heterocycles. The van der Waals surface area contributed by atoms with Crippen molar-refractivity contribution in [2.24, 2.45) is 0 Å². The van der Waals surface area contributed by atoms with Gasteiger partial charge in [-0.05, 0) is 12.1 Å². The molecule has 0 aliphatic carbocycles. The zero-order chi connectivity index (χ0) is 11.5. The lowest BCUT2D eigenvalue weighted by molar-refractivity contribution is 0.581. The lowest BCUT2D eigenvalue weighted by atomic mass is 10.3. The summed E-state index contributed by atoms with van der Waals surface area (Å²) >= 11 is 0. The number of benzene rings is 2. The third-order valence-electron chi connectivity index (χ3n) is 2.26. The maximum atomic E-state index is 13.4. The van der Waals surface area contributed by atoms with Crippen LogP contribution in [0.15, 0.2) is 48.5 Å². The van der Waals surface area contributed by atoms with E-state index in [9.17, 15) is 13.6 Å². The summed E-state index contributed by atoms with van der Waals surface area (Å²) in [7, 11) is -2.35. The zero-order valence-corrected chi connectivity index (χ0v) is 9.32. The van der Waals surface area contributed by atoms with Crippen LogP contribution in [-0.4, -0.2) is 13.8 Å². The summed E-state index contributed by atoms with van der Waals surface area (Å²) in [6, 6.07) is 11.8. The van der Waals surface area contributed by atoms with E-state index in [-0.39, 0.29) is 10.4 Å². The summed E-state index contributed by atoms with van der Waals surface area (Å²) in [5.74, 6) is -0.996. The van der Waals surface area contributed by atoms with E-state index >= 15 is 0 Å². The molecule has 16 heavy (non-hydrogen) atoms. The predicted octanol–water partition coefficient (Wildman–Crippen LogP) is 1.06. The molecule has 1 N–H and O–H groups in total. The third kappa shape index (κ3) is 2.03. The van der Waals surface area contributed by atoms with Gasteiger partial charge >= 0.3 is 0 Å². The van der Waals surface area contributed by atoms with Crippen molar-refractivity contribution in [1.82, 2.24) is 0 Å². The van der Waals surface area contributed by atoms with Gasteiger partial charge in [0, 0.05) is 10.4 Å². The number of hydrogen-bond donors (Lipinski definition) is 1. The fraction of sp³-hybridized carbons (Fsp3) is 0. The van der Waals surface area contributed by atoms with Gasteiger partial charge < -0.3 is 4.80 Å². The molecule has 81 valence electrons. The Hall–Kier alpha value is -1.52. The SMILES string of the molecule is O[Si](c1ccccc1F)c1ccccc1F. The van der Waals surface area contributed by atoms with Gasteiger partial charge in [-0.2, -0.15) is 0 Å². The Labute approximate surface area is 93.7 Å². The average Bonchev–Trinajstić information content (AvgIpc) is 2.29. The van der Waals surface area contributed by atoms with Gasteiger partial charge in [0.05, 0.1) is 0 Å². The Morgan fingerprint density at radius 1 is 0.750 bits per heavy atom. The van der Waals surface area contributed by atoms with Crippen LogP contribution in [-0.2, 0) is 0 Å². The Balaban J connectivity index is 2.44. The van der Waals surface area contributed by atoms with Gasteiger partial charge in [0.1, 0.15) is 11.6 Å². The maximum absolute atomic E-state index is 13.4. The van der Waals surface area contributed by atoms with E-state index in [1.165, 1.54) is 36.4 Å². The Kier molecular flexibility index (Phi) is 3.12. The summed E-state index contributed by atoms with van der Waals surface area (Å²) in [5.41, 5.74) is 0. The lowest BCUT2D eigenvalue weighted by Gasteiger charge is -2.09. The van der Waals surface area contributed by atoms with Gasteiger partial charge in [0.2, 0.25) is 0 Å². The fourth-order valence-corrected chi connectivity index (χ4v) is 2.87. The highest BCUT2D eigenvalue weighted by atomic mass is 28.3. The van der Waals surface area contributed by atoms with E-state index < -0.39 is 20.7 Å². The van der Waals surface area contributed by atoms with Crippen molar-refractivity contribution in [2.75, 3.05) is 0 Å². The zero-order valence-electron chi connectivity index (χ0n) is 8.32. The quantitative estimate of drug-likeness (QED) is 0.772. The van der Waals surface area contributed by atoms with Gasteiger partial charge in [-0.25, -0.2) is 8.78 Å². The molecule has 0 saturated heterocycles. The molecular formula is C12H9F2OSi. The minimum Gasteiger partial charge on any atom is -0.424 e. The van der Waals surface area contributed by atoms with Crippen LogP contribution in [0.4, 0.5) is 8.78 Å². The minimum atomic E-state index is -2.35. The third-order valence-corrected chi connectivity index (χ3v) is 4.09. The summed E-state index contributed by atoms with van der Waals surface area (Å²) in [4.78, 5) is 9.98. The molecule has 2 rings (SSSR count). The first-order valence-electron chi connectivity index (χ1n) is 4.76. The second kappa shape index (κ2) is 4.55. The molecule has 1 nitrogen and oxygen atoms in total. The average molecular weight is 235 g/mol. The molecule has 0 aliphatic rings. The van der Waals surface area contributed by atoms with Crippen LogP contribution in [0.1, 0.15) is 0 Å². The number of halogens is 2. The summed E-state index contributed by atoms with van der Waals surface area (Å²) in [5, 5.41) is 0.357. The molecular weight excluding hydrogens is 226 g/mol. The van der Waals surface area contributed by atoms with Crippen LogP contribution in [0.5, 0.6) is 0 Å². The normalized spacial score (nSPS) is 10.8. The monoisotopic (exact) mass is 235 g/mol. The van der Waals surface area contributed by atoms with Gasteiger partial charge in [0.25, 0.3) is 9.04 Å². The van der Waals surface area contributed by atoms with Crippen LogP contribution < -0.4 is 10.4 Å². The molecule has 1 radical (unpaired) electrons. The van der Waals surface area contributed by atoms with Crippen molar-refractivity contribution in [3.8, 4) is 0 Å². The van der Waals surface area contributed by atoms with E-state index in [1.54, 1.807) is 12.1 Å². The first-order chi connectivity index (χ1) is 7.70. The Bertz CT molecular complexity index is 456. The summed E-state index contributed by atoms with van der Waals surface area (Å²) < 4.78 is 26.8. The highest BCUT2D eigenvalue weighted by molar-refractivity contribution is 6.79. The fourth-order valence-electron chi connectivity index (χ4n) is 1.45. The van der Waals surface area contributed by atoms with E-state index in [2.05, 4.69) is 0 Å². The second-order valence-electron chi connectivity index (χ2n) is 3.31. The molecule has 0 atom stereocenters. The van der Waals surface area contributed by atoms with Crippen molar-refractivity contribution in [2.45, 2.75) is 0 Å². The van der Waals surface area contributed by atoms with Crippen molar-refractivity contribution in [1.29, 1.82) is 0 Å². The standard InChI is InChI=1S/C12H9F2OSi/c13-9-5-1-3-7-11(9)16(15)12-8-4-2-6-10(12)14/h1-8,15H. The number of hydrogen-bond acceptors (Lipinski definition) is 1. The van der Waals surface area contributed by atoms with Crippen LogP contribution in [0.2, 0.25) is 0 Å². The van der Waals surface area contributed by atoms with Crippen LogP contribution in [0.25, 0.3) is 0 Å². The first-order valence-corrected chi connectivity index (χ1v) is 6.20. The molecule has 2 aromatic carbocycles. The Morgan fingerprint density at radius 2 is 1.12 bits per heavy atom. The molecule has 0 unspecified atom stereocenters. The second-order valence-corrected chi connectivity index (χ2v) is 5.08. The predicted molar refractivity (Wildman–Crippen MR) is 60.0 cm³/mol. The molecule has 0 amide bonds. The van der Waals surface area contributed by atoms with E-state index in [0.717, 1.165) is 0 Å². The van der Waals surface area contributed by atoms with Gasteiger partial charge in [-0.1, -0.05) is 36.4 Å². The summed E-state index contributed by atoms with van der Waals surface area (Å²) in [6.07, 6.45) is 0. The van der Waals surface area contributed by atoms with E-state index in [4.69, 9.17) is 0 Å². The molecule has 0 fully saturated rings. The molecule has 0 saturated carbocycles. The van der Waals surface area contributed by atoms with Gasteiger partial charge in [-0.3, -0.25) is 0 Å². The van der Waals surface area contributed by atoms with Crippen LogP contribution in [0.3, 0.4) is 0 Å². The summed E-state index contributed by atoms with van der Waals surface area (Å²) in [6.45, 7) is 0. The lowest BCUT2D eigenvalue weighted by Crippen LogP contribution is -2.45. The minimum absolute atomic E-state index is 0.178. The highest BCUT2D eigenvalue weighted by Gasteiger charge is 2.21. The number of rotatable bonds is 2. The smallest absolute Gasteiger partial charge is 0.286 e. The topological polar surface area (TPSA) is 20.2 Å². The Morgan fingerprint density at radius 3 is 1.50 bits per heavy atom. The maximum Gasteiger partial charge on any atom is 0.286 e. The molecule has 2 aromatic rings. The first kappa shape index (κ1) is 11.0.